The maximum Gasteiger partial charge on any atom is 0.262 e. The van der Waals surface area contributed by atoms with Crippen molar-refractivity contribution < 1.29 is 14.3 Å². The van der Waals surface area contributed by atoms with Crippen molar-refractivity contribution in [3.63, 3.8) is 0 Å². The molecule has 0 unspecified atom stereocenters. The van der Waals surface area contributed by atoms with Crippen LogP contribution < -0.4 is 20.3 Å². The monoisotopic (exact) mass is 429 g/mol. The number of thioether (sulfide) groups is 1. The first-order valence-corrected chi connectivity index (χ1v) is 11.2. The number of hydrogen-bond acceptors (Lipinski definition) is 7. The van der Waals surface area contributed by atoms with Gasteiger partial charge in [0.25, 0.3) is 5.56 Å². The number of benzene rings is 1. The van der Waals surface area contributed by atoms with Gasteiger partial charge < -0.3 is 14.8 Å². The van der Waals surface area contributed by atoms with Gasteiger partial charge in [-0.15, -0.1) is 11.3 Å². The Kier molecular flexibility index (Phi) is 4.71. The van der Waals surface area contributed by atoms with E-state index in [0.29, 0.717) is 35.6 Å². The molecule has 1 aromatic carbocycles. The normalized spacial score (nSPS) is 14.8. The molecule has 9 heteroatoms. The highest BCUT2D eigenvalue weighted by molar-refractivity contribution is 7.99. The summed E-state index contributed by atoms with van der Waals surface area (Å²) in [6.07, 6.45) is 3.09. The molecule has 3 aromatic rings. The van der Waals surface area contributed by atoms with Crippen LogP contribution in [-0.4, -0.2) is 34.4 Å². The highest BCUT2D eigenvalue weighted by Gasteiger charge is 2.22. The number of thiophene rings is 1. The molecule has 7 nitrogen and oxygen atoms in total. The lowest BCUT2D eigenvalue weighted by Gasteiger charge is -2.19. The zero-order chi connectivity index (χ0) is 20.0. The van der Waals surface area contributed by atoms with Gasteiger partial charge in [-0.1, -0.05) is 11.8 Å². The van der Waals surface area contributed by atoms with Gasteiger partial charge in [-0.3, -0.25) is 14.2 Å². The minimum atomic E-state index is -0.172. The third-order valence-electron chi connectivity index (χ3n) is 5.06. The van der Waals surface area contributed by atoms with Crippen molar-refractivity contribution >= 4 is 44.9 Å². The summed E-state index contributed by atoms with van der Waals surface area (Å²) in [7, 11) is 1.72. The molecule has 0 saturated carbocycles. The second kappa shape index (κ2) is 7.38. The van der Waals surface area contributed by atoms with Gasteiger partial charge in [0.05, 0.1) is 11.1 Å². The summed E-state index contributed by atoms with van der Waals surface area (Å²) in [5, 5.41) is 4.17. The lowest BCUT2D eigenvalue weighted by molar-refractivity contribution is -0.113. The number of aromatic nitrogens is 2. The van der Waals surface area contributed by atoms with Gasteiger partial charge in [0.1, 0.15) is 18.0 Å². The van der Waals surface area contributed by atoms with E-state index in [1.165, 1.54) is 22.2 Å². The fraction of sp³-hybridized carbons (Fsp3) is 0.350. The van der Waals surface area contributed by atoms with Gasteiger partial charge in [-0.25, -0.2) is 4.98 Å². The van der Waals surface area contributed by atoms with E-state index in [1.54, 1.807) is 41.2 Å². The Morgan fingerprint density at radius 1 is 1.28 bits per heavy atom. The molecule has 5 rings (SSSR count). The molecular formula is C20H19N3O4S2. The maximum atomic E-state index is 12.8. The first-order valence-electron chi connectivity index (χ1n) is 9.44. The van der Waals surface area contributed by atoms with Crippen LogP contribution in [0.2, 0.25) is 0 Å². The number of rotatable bonds is 4. The number of anilines is 1. The van der Waals surface area contributed by atoms with E-state index in [9.17, 15) is 9.59 Å². The first kappa shape index (κ1) is 18.5. The molecule has 2 aliphatic rings. The molecule has 1 amide bonds. The zero-order valence-corrected chi connectivity index (χ0v) is 17.5. The number of carbonyl (C=O) groups is 1. The molecule has 0 radical (unpaired) electrons. The number of ether oxygens (including phenoxy) is 2. The molecule has 0 saturated heterocycles. The van der Waals surface area contributed by atoms with Gasteiger partial charge in [0.2, 0.25) is 5.91 Å². The van der Waals surface area contributed by atoms with Crippen LogP contribution in [0.1, 0.15) is 16.9 Å². The Balaban J connectivity index is 1.31. The highest BCUT2D eigenvalue weighted by Crippen LogP contribution is 2.35. The maximum absolute atomic E-state index is 12.8. The van der Waals surface area contributed by atoms with Gasteiger partial charge in [0.15, 0.2) is 16.7 Å². The number of carbonyl (C=O) groups excluding carboxylic acids is 1. The quantitative estimate of drug-likeness (QED) is 0.507. The molecule has 0 spiro atoms. The van der Waals surface area contributed by atoms with Crippen molar-refractivity contribution in [1.82, 2.24) is 9.55 Å². The SMILES string of the molecule is Cn1c(SCC(=O)Nc2ccc3c(c2)OCCO3)nc2sc3c(c2c1=O)CCC3. The molecule has 29 heavy (non-hydrogen) atoms. The Morgan fingerprint density at radius 3 is 2.97 bits per heavy atom. The lowest BCUT2D eigenvalue weighted by atomic mass is 10.2. The topological polar surface area (TPSA) is 82.5 Å². The summed E-state index contributed by atoms with van der Waals surface area (Å²) in [5.41, 5.74) is 1.79. The molecule has 150 valence electrons. The van der Waals surface area contributed by atoms with E-state index < -0.39 is 0 Å². The van der Waals surface area contributed by atoms with E-state index in [0.717, 1.165) is 29.5 Å². The molecule has 1 N–H and O–H groups in total. The van der Waals surface area contributed by atoms with Crippen LogP contribution in [-0.2, 0) is 24.7 Å². The fourth-order valence-electron chi connectivity index (χ4n) is 3.68. The number of nitrogens with one attached hydrogen (secondary N) is 1. The molecule has 3 heterocycles. The Bertz CT molecular complexity index is 1180. The van der Waals surface area contributed by atoms with Crippen molar-refractivity contribution in [1.29, 1.82) is 0 Å². The lowest BCUT2D eigenvalue weighted by Crippen LogP contribution is -2.21. The van der Waals surface area contributed by atoms with Crippen LogP contribution in [0.3, 0.4) is 0 Å². The summed E-state index contributed by atoms with van der Waals surface area (Å²) < 4.78 is 12.6. The summed E-state index contributed by atoms with van der Waals surface area (Å²) in [6.45, 7) is 1.02. The third-order valence-corrected chi connectivity index (χ3v) is 7.28. The van der Waals surface area contributed by atoms with E-state index in [-0.39, 0.29) is 17.2 Å². The zero-order valence-electron chi connectivity index (χ0n) is 15.8. The molecule has 2 aromatic heterocycles. The van der Waals surface area contributed by atoms with E-state index in [1.807, 2.05) is 0 Å². The summed E-state index contributed by atoms with van der Waals surface area (Å²) in [6, 6.07) is 5.32. The van der Waals surface area contributed by atoms with Crippen molar-refractivity contribution in [3.8, 4) is 11.5 Å². The summed E-state index contributed by atoms with van der Waals surface area (Å²) >= 11 is 2.87. The average Bonchev–Trinajstić information content (AvgIpc) is 3.30. The number of amides is 1. The van der Waals surface area contributed by atoms with Crippen LogP contribution >= 0.6 is 23.1 Å². The molecule has 0 atom stereocenters. The van der Waals surface area contributed by atoms with Crippen LogP contribution in [0, 0.1) is 0 Å². The van der Waals surface area contributed by atoms with Crippen LogP contribution in [0.5, 0.6) is 11.5 Å². The molecule has 0 fully saturated rings. The third kappa shape index (κ3) is 3.38. The van der Waals surface area contributed by atoms with Crippen LogP contribution in [0.15, 0.2) is 28.2 Å². The Morgan fingerprint density at radius 2 is 2.10 bits per heavy atom. The average molecular weight is 430 g/mol. The fourth-order valence-corrected chi connectivity index (χ4v) is 5.76. The van der Waals surface area contributed by atoms with Gasteiger partial charge in [-0.05, 0) is 37.0 Å². The number of nitrogens with zero attached hydrogens (tertiary/aromatic N) is 2. The summed E-state index contributed by atoms with van der Waals surface area (Å²) in [5.74, 6) is 1.29. The summed E-state index contributed by atoms with van der Waals surface area (Å²) in [4.78, 5) is 32.0. The van der Waals surface area contributed by atoms with Crippen molar-refractivity contribution in [2.45, 2.75) is 24.4 Å². The van der Waals surface area contributed by atoms with Gasteiger partial charge >= 0.3 is 0 Å². The number of fused-ring (bicyclic) bond motifs is 4. The molecule has 1 aliphatic heterocycles. The Hall–Kier alpha value is -2.52. The van der Waals surface area contributed by atoms with Crippen molar-refractivity contribution in [2.24, 2.45) is 7.05 Å². The molecule has 0 bridgehead atoms. The van der Waals surface area contributed by atoms with Crippen molar-refractivity contribution in [2.75, 3.05) is 24.3 Å². The van der Waals surface area contributed by atoms with Gasteiger partial charge in [0, 0.05) is 23.7 Å². The highest BCUT2D eigenvalue weighted by atomic mass is 32.2. The predicted octanol–water partition coefficient (Wildman–Crippen LogP) is 2.99. The van der Waals surface area contributed by atoms with Crippen molar-refractivity contribution in [3.05, 3.63) is 39.0 Å². The molecule has 1 aliphatic carbocycles. The second-order valence-corrected chi connectivity index (χ2v) is 9.02. The minimum Gasteiger partial charge on any atom is -0.486 e. The van der Waals surface area contributed by atoms with E-state index >= 15 is 0 Å². The van der Waals surface area contributed by atoms with E-state index in [4.69, 9.17) is 9.47 Å². The van der Waals surface area contributed by atoms with Crippen LogP contribution in [0.4, 0.5) is 5.69 Å². The van der Waals surface area contributed by atoms with E-state index in [2.05, 4.69) is 10.3 Å². The number of hydrogen-bond donors (Lipinski definition) is 1. The Labute approximate surface area is 175 Å². The standard InChI is InChI=1S/C20H19N3O4S2/c1-23-19(25)17-12-3-2-4-15(12)29-18(17)22-20(23)28-10-16(24)21-11-5-6-13-14(9-11)27-8-7-26-13/h5-6,9H,2-4,7-8,10H2,1H3,(H,21,24). The van der Waals surface area contributed by atoms with Crippen LogP contribution in [0.25, 0.3) is 10.2 Å². The largest absolute Gasteiger partial charge is 0.486 e. The first-order chi connectivity index (χ1) is 14.1. The smallest absolute Gasteiger partial charge is 0.262 e. The predicted molar refractivity (Wildman–Crippen MR) is 114 cm³/mol. The number of aryl methyl sites for hydroxylation is 2. The minimum absolute atomic E-state index is 0.0239. The van der Waals surface area contributed by atoms with Gasteiger partial charge in [-0.2, -0.15) is 0 Å². The molecular weight excluding hydrogens is 410 g/mol. The second-order valence-electron chi connectivity index (χ2n) is 6.99.